The van der Waals surface area contributed by atoms with Crippen molar-refractivity contribution in [1.29, 1.82) is 0 Å². The van der Waals surface area contributed by atoms with Gasteiger partial charge in [0, 0.05) is 24.8 Å². The number of amides is 1. The van der Waals surface area contributed by atoms with E-state index in [1.54, 1.807) is 30.3 Å². The molecule has 1 aliphatic heterocycles. The van der Waals surface area contributed by atoms with E-state index in [0.29, 0.717) is 35.6 Å². The third-order valence-corrected chi connectivity index (χ3v) is 7.07. The maximum atomic E-state index is 13.0. The Morgan fingerprint density at radius 1 is 1.07 bits per heavy atom. The fourth-order valence-electron chi connectivity index (χ4n) is 3.58. The molecule has 0 atom stereocenters. The molecule has 1 aliphatic rings. The second-order valence-electron chi connectivity index (χ2n) is 7.17. The number of H-pyrrole nitrogens is 1. The van der Waals surface area contributed by atoms with Gasteiger partial charge < -0.3 is 10.1 Å². The molecular weight excluding hydrogens is 406 g/mol. The van der Waals surface area contributed by atoms with E-state index in [0.717, 1.165) is 25.7 Å². The van der Waals surface area contributed by atoms with E-state index in [9.17, 15) is 13.2 Å². The Kier molecular flexibility index (Phi) is 5.69. The normalized spacial score (nSPS) is 15.6. The molecule has 2 heterocycles. The lowest BCUT2D eigenvalue weighted by atomic mass is 10.1. The van der Waals surface area contributed by atoms with E-state index < -0.39 is 15.9 Å². The molecule has 0 unspecified atom stereocenters. The summed E-state index contributed by atoms with van der Waals surface area (Å²) >= 11 is 0. The highest BCUT2D eigenvalue weighted by molar-refractivity contribution is 7.89. The number of fused-ring (bicyclic) bond motifs is 1. The number of nitrogens with one attached hydrogen (secondary N) is 2. The van der Waals surface area contributed by atoms with Gasteiger partial charge in [0.05, 0.1) is 17.6 Å². The van der Waals surface area contributed by atoms with Crippen LogP contribution in [-0.4, -0.2) is 54.2 Å². The summed E-state index contributed by atoms with van der Waals surface area (Å²) in [5.41, 5.74) is 1.77. The van der Waals surface area contributed by atoms with Crippen LogP contribution in [0, 0.1) is 0 Å². The second kappa shape index (κ2) is 8.41. The quantitative estimate of drug-likeness (QED) is 0.644. The average molecular weight is 430 g/mol. The molecule has 0 radical (unpaired) electrons. The van der Waals surface area contributed by atoms with Crippen molar-refractivity contribution in [3.8, 4) is 5.75 Å². The number of aromatic nitrogens is 3. The molecule has 1 aromatic heterocycles. The Morgan fingerprint density at radius 3 is 2.47 bits per heavy atom. The van der Waals surface area contributed by atoms with Crippen molar-refractivity contribution < 1.29 is 17.9 Å². The first-order valence-corrected chi connectivity index (χ1v) is 11.2. The number of carbonyl (C=O) groups is 1. The van der Waals surface area contributed by atoms with Gasteiger partial charge in [-0.1, -0.05) is 18.9 Å². The minimum atomic E-state index is -3.61. The summed E-state index contributed by atoms with van der Waals surface area (Å²) in [7, 11) is -2.14. The zero-order valence-corrected chi connectivity index (χ0v) is 17.4. The zero-order valence-electron chi connectivity index (χ0n) is 16.6. The number of rotatable bonds is 5. The largest absolute Gasteiger partial charge is 0.496 e. The van der Waals surface area contributed by atoms with Crippen molar-refractivity contribution in [2.24, 2.45) is 0 Å². The first-order valence-electron chi connectivity index (χ1n) is 9.79. The third-order valence-electron chi connectivity index (χ3n) is 5.18. The van der Waals surface area contributed by atoms with Gasteiger partial charge in [-0.15, -0.1) is 0 Å². The summed E-state index contributed by atoms with van der Waals surface area (Å²) in [6, 6.07) is 9.51. The van der Waals surface area contributed by atoms with Gasteiger partial charge in [0.2, 0.25) is 10.0 Å². The predicted molar refractivity (Wildman–Crippen MR) is 112 cm³/mol. The molecule has 3 aromatic rings. The lowest BCUT2D eigenvalue weighted by Crippen LogP contribution is -2.32. The van der Waals surface area contributed by atoms with Crippen LogP contribution >= 0.6 is 0 Å². The molecule has 158 valence electrons. The molecule has 0 aliphatic carbocycles. The Bertz CT molecular complexity index is 1170. The van der Waals surface area contributed by atoms with Crippen molar-refractivity contribution in [3.63, 3.8) is 0 Å². The van der Waals surface area contributed by atoms with Crippen LogP contribution in [0.2, 0.25) is 0 Å². The molecule has 2 aromatic carbocycles. The van der Waals surface area contributed by atoms with E-state index in [2.05, 4.69) is 20.7 Å². The van der Waals surface area contributed by atoms with Crippen LogP contribution in [-0.2, 0) is 10.0 Å². The number of benzene rings is 2. The third kappa shape index (κ3) is 4.01. The van der Waals surface area contributed by atoms with Crippen molar-refractivity contribution in [2.75, 3.05) is 25.5 Å². The minimum Gasteiger partial charge on any atom is -0.496 e. The highest BCUT2D eigenvalue weighted by atomic mass is 32.2. The number of hydrogen-bond donors (Lipinski definition) is 2. The molecule has 2 N–H and O–H groups in total. The number of aromatic amines is 1. The summed E-state index contributed by atoms with van der Waals surface area (Å²) in [5.74, 6) is -0.0803. The van der Waals surface area contributed by atoms with Gasteiger partial charge in [-0.2, -0.15) is 19.7 Å². The van der Waals surface area contributed by atoms with Crippen molar-refractivity contribution >= 4 is 32.7 Å². The maximum Gasteiger partial charge on any atom is 0.259 e. The van der Waals surface area contributed by atoms with Crippen LogP contribution in [0.3, 0.4) is 0 Å². The van der Waals surface area contributed by atoms with E-state index in [1.807, 2.05) is 0 Å². The summed E-state index contributed by atoms with van der Waals surface area (Å²) in [5, 5.41) is 13.2. The lowest BCUT2D eigenvalue weighted by molar-refractivity contribution is 0.102. The molecule has 0 saturated carbocycles. The smallest absolute Gasteiger partial charge is 0.259 e. The van der Waals surface area contributed by atoms with Gasteiger partial charge in [0.25, 0.3) is 5.91 Å². The van der Waals surface area contributed by atoms with E-state index in [1.165, 1.54) is 17.5 Å². The molecule has 30 heavy (non-hydrogen) atoms. The Labute approximate surface area is 174 Å². The fourth-order valence-corrected chi connectivity index (χ4v) is 5.14. The Balaban J connectivity index is 1.59. The lowest BCUT2D eigenvalue weighted by Gasteiger charge is -2.20. The van der Waals surface area contributed by atoms with Gasteiger partial charge in [0.15, 0.2) is 0 Å². The fraction of sp³-hybridized carbons (Fsp3) is 0.350. The number of nitrogens with zero attached hydrogens (tertiary/aromatic N) is 3. The van der Waals surface area contributed by atoms with E-state index in [4.69, 9.17) is 4.74 Å². The van der Waals surface area contributed by atoms with E-state index in [-0.39, 0.29) is 10.5 Å². The first-order chi connectivity index (χ1) is 14.5. The molecule has 0 spiro atoms. The van der Waals surface area contributed by atoms with Gasteiger partial charge in [-0.05, 0) is 37.1 Å². The number of anilines is 1. The van der Waals surface area contributed by atoms with Crippen LogP contribution in [0.1, 0.15) is 36.0 Å². The Hall–Kier alpha value is -2.98. The van der Waals surface area contributed by atoms with Crippen molar-refractivity contribution in [1.82, 2.24) is 19.7 Å². The van der Waals surface area contributed by atoms with Crippen molar-refractivity contribution in [3.05, 3.63) is 42.0 Å². The van der Waals surface area contributed by atoms with Crippen LogP contribution < -0.4 is 10.1 Å². The van der Waals surface area contributed by atoms with Crippen molar-refractivity contribution in [2.45, 2.75) is 30.6 Å². The monoisotopic (exact) mass is 429 g/mol. The molecule has 4 rings (SSSR count). The molecular formula is C20H23N5O4S. The molecule has 10 heteroatoms. The summed E-state index contributed by atoms with van der Waals surface area (Å²) < 4.78 is 32.9. The van der Waals surface area contributed by atoms with Crippen LogP contribution in [0.5, 0.6) is 5.75 Å². The van der Waals surface area contributed by atoms with Gasteiger partial charge >= 0.3 is 0 Å². The predicted octanol–water partition coefficient (Wildman–Crippen LogP) is 2.78. The highest BCUT2D eigenvalue weighted by Gasteiger charge is 2.25. The van der Waals surface area contributed by atoms with Crippen LogP contribution in [0.4, 0.5) is 5.69 Å². The Morgan fingerprint density at radius 2 is 1.77 bits per heavy atom. The summed E-state index contributed by atoms with van der Waals surface area (Å²) in [6.45, 7) is 1.04. The minimum absolute atomic E-state index is 0.168. The van der Waals surface area contributed by atoms with Gasteiger partial charge in [-0.25, -0.2) is 8.42 Å². The average Bonchev–Trinajstić information content (AvgIpc) is 3.02. The molecule has 1 saturated heterocycles. The van der Waals surface area contributed by atoms with Crippen LogP contribution in [0.25, 0.3) is 11.0 Å². The van der Waals surface area contributed by atoms with E-state index >= 15 is 0 Å². The SMILES string of the molecule is COc1cc2n[nH]nc2cc1C(=O)Nc1cccc(S(=O)(=O)N2CCCCCC2)c1. The molecule has 1 fully saturated rings. The molecule has 0 bridgehead atoms. The van der Waals surface area contributed by atoms with Gasteiger partial charge in [0.1, 0.15) is 16.8 Å². The summed E-state index contributed by atoms with van der Waals surface area (Å²) in [4.78, 5) is 13.0. The second-order valence-corrected chi connectivity index (χ2v) is 9.10. The highest BCUT2D eigenvalue weighted by Crippen LogP contribution is 2.26. The standard InChI is InChI=1S/C20H23N5O4S/c1-29-19-13-18-17(22-24-23-18)12-16(19)20(26)21-14-7-6-8-15(11-14)30(27,28)25-9-4-2-3-5-10-25/h6-8,11-13H,2-5,9-10H2,1H3,(H,21,26)(H,22,23,24). The molecule has 9 nitrogen and oxygen atoms in total. The number of ether oxygens (including phenoxy) is 1. The number of carbonyl (C=O) groups excluding carboxylic acids is 1. The van der Waals surface area contributed by atoms with Gasteiger partial charge in [-0.3, -0.25) is 4.79 Å². The number of methoxy groups -OCH3 is 1. The summed E-state index contributed by atoms with van der Waals surface area (Å²) in [6.07, 6.45) is 3.81. The zero-order chi connectivity index (χ0) is 21.1. The van der Waals surface area contributed by atoms with Crippen LogP contribution in [0.15, 0.2) is 41.3 Å². The topological polar surface area (TPSA) is 117 Å². The number of sulfonamides is 1. The number of hydrogen-bond acceptors (Lipinski definition) is 6. The molecule has 1 amide bonds. The first kappa shape index (κ1) is 20.3. The maximum absolute atomic E-state index is 13.0.